The molecule has 0 bridgehead atoms. The number of rotatable bonds is 19. The van der Waals surface area contributed by atoms with Gasteiger partial charge in [-0.3, -0.25) is 39.6 Å². The lowest BCUT2D eigenvalue weighted by molar-refractivity contribution is -0.130. The van der Waals surface area contributed by atoms with Crippen LogP contribution in [0, 0.1) is 0 Å². The van der Waals surface area contributed by atoms with Crippen molar-refractivity contribution < 1.29 is 57.3 Å². The summed E-state index contributed by atoms with van der Waals surface area (Å²) < 4.78 is 19.0. The first kappa shape index (κ1) is 39.4. The quantitative estimate of drug-likeness (QED) is 0.0404. The third kappa shape index (κ3) is 11.0. The molecule has 0 radical (unpaired) electrons. The van der Waals surface area contributed by atoms with Gasteiger partial charge in [-0.1, -0.05) is 24.3 Å². The van der Waals surface area contributed by atoms with E-state index in [9.17, 15) is 38.4 Å². The molecule has 0 saturated heterocycles. The van der Waals surface area contributed by atoms with E-state index in [4.69, 9.17) is 18.9 Å². The van der Waals surface area contributed by atoms with Crippen LogP contribution in [0.25, 0.3) is 0 Å². The largest absolute Gasteiger partial charge is 0.465 e. The average molecular weight is 716 g/mol. The molecule has 1 amide bonds. The average Bonchev–Trinajstić information content (AvgIpc) is 3.13. The zero-order valence-electron chi connectivity index (χ0n) is 28.3. The number of nitrogens with one attached hydrogen (secondary N) is 3. The SMILES string of the molecule is COC(=O)c1ccc(COC=O)c(N/N=C(/C(C)=O)C(=O)Nc2ccc(CC(=O)/C(=N\Nc3cc(COC=O)ccc3C(=O)OC)C(C)=O)cc2)c1. The highest BCUT2D eigenvalue weighted by Gasteiger charge is 2.21. The first-order chi connectivity index (χ1) is 24.9. The summed E-state index contributed by atoms with van der Waals surface area (Å²) in [6.45, 7) is 2.44. The van der Waals surface area contributed by atoms with Gasteiger partial charge in [0.1, 0.15) is 13.2 Å². The zero-order chi connectivity index (χ0) is 38.2. The van der Waals surface area contributed by atoms with E-state index in [0.717, 1.165) is 13.8 Å². The van der Waals surface area contributed by atoms with Gasteiger partial charge in [0.15, 0.2) is 28.8 Å². The maximum absolute atomic E-state index is 13.1. The Bertz CT molecular complexity index is 1940. The van der Waals surface area contributed by atoms with Crippen LogP contribution in [0.3, 0.4) is 0 Å². The van der Waals surface area contributed by atoms with Crippen LogP contribution >= 0.6 is 0 Å². The van der Waals surface area contributed by atoms with E-state index in [1.807, 2.05) is 0 Å². The second kappa shape index (κ2) is 19.2. The summed E-state index contributed by atoms with van der Waals surface area (Å²) >= 11 is 0. The van der Waals surface area contributed by atoms with E-state index in [1.165, 1.54) is 74.9 Å². The molecule has 3 aromatic carbocycles. The minimum atomic E-state index is -0.885. The number of amides is 1. The molecular weight excluding hydrogens is 682 g/mol. The number of hydrogen-bond donors (Lipinski definition) is 3. The molecule has 0 aliphatic rings. The molecule has 0 aliphatic heterocycles. The molecule has 0 unspecified atom stereocenters. The number of esters is 2. The van der Waals surface area contributed by atoms with Gasteiger partial charge in [0.05, 0.1) is 36.7 Å². The molecule has 0 atom stereocenters. The second-order valence-electron chi connectivity index (χ2n) is 10.6. The van der Waals surface area contributed by atoms with Crippen LogP contribution in [-0.4, -0.2) is 73.8 Å². The Kier molecular flexibility index (Phi) is 14.6. The lowest BCUT2D eigenvalue weighted by atomic mass is 10.0. The predicted molar refractivity (Wildman–Crippen MR) is 185 cm³/mol. The number of hydrazone groups is 2. The van der Waals surface area contributed by atoms with Crippen LogP contribution in [0.15, 0.2) is 70.9 Å². The third-order valence-electron chi connectivity index (χ3n) is 6.94. The van der Waals surface area contributed by atoms with Crippen LogP contribution in [0.1, 0.15) is 51.3 Å². The molecule has 3 N–H and O–H groups in total. The normalized spacial score (nSPS) is 11.0. The third-order valence-corrected chi connectivity index (χ3v) is 6.94. The zero-order valence-corrected chi connectivity index (χ0v) is 28.3. The van der Waals surface area contributed by atoms with Crippen molar-refractivity contribution in [3.05, 3.63) is 88.5 Å². The Balaban J connectivity index is 1.76. The summed E-state index contributed by atoms with van der Waals surface area (Å²) in [6.07, 6.45) is -0.268. The first-order valence-corrected chi connectivity index (χ1v) is 15.1. The highest BCUT2D eigenvalue weighted by Crippen LogP contribution is 2.21. The lowest BCUT2D eigenvalue weighted by Gasteiger charge is -2.12. The Morgan fingerprint density at radius 2 is 1.27 bits per heavy atom. The summed E-state index contributed by atoms with van der Waals surface area (Å²) in [4.78, 5) is 96.4. The number of hydrogen-bond acceptors (Lipinski definition) is 16. The minimum Gasteiger partial charge on any atom is -0.465 e. The van der Waals surface area contributed by atoms with Gasteiger partial charge in [-0.05, 0) is 47.5 Å². The summed E-state index contributed by atoms with van der Waals surface area (Å²) in [5, 5.41) is 10.4. The van der Waals surface area contributed by atoms with E-state index in [2.05, 4.69) is 26.4 Å². The van der Waals surface area contributed by atoms with E-state index < -0.39 is 46.6 Å². The van der Waals surface area contributed by atoms with Gasteiger partial charge in [-0.2, -0.15) is 10.2 Å². The molecule has 52 heavy (non-hydrogen) atoms. The Hall–Kier alpha value is -7.04. The molecule has 3 aromatic rings. The number of carbonyl (C=O) groups excluding carboxylic acids is 8. The summed E-state index contributed by atoms with van der Waals surface area (Å²) in [5.74, 6) is -4.29. The molecule has 17 nitrogen and oxygen atoms in total. The molecule has 0 saturated carbocycles. The standard InChI is InChI=1S/C35H33N5O12/c1-20(43)31(39-38-29-13-23(16-51-18-41)7-12-27(29)35(48)50-4)30(45)14-22-5-10-26(11-6-22)36-33(46)32(21(2)44)40-37-28-15-24(34(47)49-3)8-9-25(28)17-52-19-42/h5-13,15,18-19,37-38H,14,16-17H2,1-4H3,(H,36,46)/b39-31-,40-32-. The van der Waals surface area contributed by atoms with Crippen LogP contribution < -0.4 is 16.2 Å². The van der Waals surface area contributed by atoms with Gasteiger partial charge in [-0.15, -0.1) is 0 Å². The van der Waals surface area contributed by atoms with Crippen molar-refractivity contribution in [1.29, 1.82) is 0 Å². The van der Waals surface area contributed by atoms with Crippen molar-refractivity contribution in [2.75, 3.05) is 30.4 Å². The number of nitrogens with zero attached hydrogens (tertiary/aromatic N) is 2. The molecule has 0 aromatic heterocycles. The minimum absolute atomic E-state index is 0.0459. The number of ketones is 3. The molecule has 270 valence electrons. The fraction of sp³-hybridized carbons (Fsp3) is 0.200. The highest BCUT2D eigenvalue weighted by atomic mass is 16.5. The Morgan fingerprint density at radius 1 is 0.673 bits per heavy atom. The maximum atomic E-state index is 13.1. The van der Waals surface area contributed by atoms with Gasteiger partial charge in [0.2, 0.25) is 0 Å². The van der Waals surface area contributed by atoms with E-state index in [0.29, 0.717) is 16.7 Å². The molecular formula is C35H33N5O12. The van der Waals surface area contributed by atoms with Gasteiger partial charge < -0.3 is 24.3 Å². The van der Waals surface area contributed by atoms with E-state index in [-0.39, 0.29) is 60.8 Å². The van der Waals surface area contributed by atoms with Gasteiger partial charge >= 0.3 is 11.9 Å². The van der Waals surface area contributed by atoms with Crippen molar-refractivity contribution in [2.24, 2.45) is 10.2 Å². The number of methoxy groups -OCH3 is 2. The van der Waals surface area contributed by atoms with Crippen molar-refractivity contribution >= 4 is 76.6 Å². The van der Waals surface area contributed by atoms with E-state index >= 15 is 0 Å². The topological polar surface area (TPSA) is 234 Å². The van der Waals surface area contributed by atoms with Gasteiger partial charge in [-0.25, -0.2) is 9.59 Å². The van der Waals surface area contributed by atoms with Crippen molar-refractivity contribution in [2.45, 2.75) is 33.5 Å². The van der Waals surface area contributed by atoms with Crippen LogP contribution in [0.5, 0.6) is 0 Å². The highest BCUT2D eigenvalue weighted by molar-refractivity contribution is 6.67. The number of ether oxygens (including phenoxy) is 4. The van der Waals surface area contributed by atoms with Crippen molar-refractivity contribution in [3.8, 4) is 0 Å². The summed E-state index contributed by atoms with van der Waals surface area (Å²) in [6, 6.07) is 14.5. The van der Waals surface area contributed by atoms with Crippen molar-refractivity contribution in [3.63, 3.8) is 0 Å². The molecule has 0 fully saturated rings. The smallest absolute Gasteiger partial charge is 0.340 e. The molecule has 0 heterocycles. The number of Topliss-reactive ketones (excluding diaryl/α,β-unsaturated/α-hetero) is 3. The second-order valence-corrected chi connectivity index (χ2v) is 10.6. The fourth-order valence-electron chi connectivity index (χ4n) is 4.39. The summed E-state index contributed by atoms with van der Waals surface area (Å²) in [5.41, 5.74) is 6.11. The van der Waals surface area contributed by atoms with Crippen LogP contribution in [0.4, 0.5) is 17.1 Å². The maximum Gasteiger partial charge on any atom is 0.340 e. The molecule has 0 spiro atoms. The van der Waals surface area contributed by atoms with E-state index in [1.54, 1.807) is 0 Å². The van der Waals surface area contributed by atoms with Crippen LogP contribution in [0.2, 0.25) is 0 Å². The van der Waals surface area contributed by atoms with Gasteiger partial charge in [0, 0.05) is 31.5 Å². The molecule has 17 heteroatoms. The number of anilines is 3. The molecule has 0 aliphatic carbocycles. The van der Waals surface area contributed by atoms with Gasteiger partial charge in [0.25, 0.3) is 18.9 Å². The fourth-order valence-corrected chi connectivity index (χ4v) is 4.39. The first-order valence-electron chi connectivity index (χ1n) is 15.1. The molecule has 3 rings (SSSR count). The van der Waals surface area contributed by atoms with Crippen molar-refractivity contribution in [1.82, 2.24) is 0 Å². The summed E-state index contributed by atoms with van der Waals surface area (Å²) in [7, 11) is 2.37. The number of benzene rings is 3. The Labute approximate surface area is 296 Å². The lowest BCUT2D eigenvalue weighted by Crippen LogP contribution is -2.29. The Morgan fingerprint density at radius 3 is 1.88 bits per heavy atom. The monoisotopic (exact) mass is 715 g/mol. The van der Waals surface area contributed by atoms with Crippen LogP contribution in [-0.2, 0) is 67.3 Å². The number of carbonyl (C=O) groups is 8. The predicted octanol–water partition coefficient (Wildman–Crippen LogP) is 2.77.